The molecule has 1 aliphatic carbocycles. The fourth-order valence-electron chi connectivity index (χ4n) is 2.71. The molecule has 4 nitrogen and oxygen atoms in total. The van der Waals surface area contributed by atoms with Gasteiger partial charge in [-0.3, -0.25) is 0 Å². The van der Waals surface area contributed by atoms with Crippen LogP contribution in [0.2, 0.25) is 0 Å². The first-order chi connectivity index (χ1) is 7.99. The molecule has 1 aromatic rings. The molecule has 0 aromatic carbocycles. The SMILES string of the molecule is Cc1cc(S(=O)(=O)NC2C3CNCC32)c(C)s1. The molecule has 1 aromatic heterocycles. The summed E-state index contributed by atoms with van der Waals surface area (Å²) in [5, 5.41) is 3.26. The van der Waals surface area contributed by atoms with Crippen LogP contribution < -0.4 is 10.0 Å². The van der Waals surface area contributed by atoms with E-state index in [9.17, 15) is 8.42 Å². The summed E-state index contributed by atoms with van der Waals surface area (Å²) < 4.78 is 27.3. The molecule has 0 amide bonds. The van der Waals surface area contributed by atoms with E-state index in [1.54, 1.807) is 6.07 Å². The van der Waals surface area contributed by atoms with E-state index in [2.05, 4.69) is 10.0 Å². The molecular formula is C11H16N2O2S2. The summed E-state index contributed by atoms with van der Waals surface area (Å²) >= 11 is 1.53. The molecule has 2 aliphatic rings. The largest absolute Gasteiger partial charge is 0.316 e. The van der Waals surface area contributed by atoms with Gasteiger partial charge in [0.05, 0.1) is 4.90 Å². The van der Waals surface area contributed by atoms with Crippen LogP contribution in [-0.2, 0) is 10.0 Å². The van der Waals surface area contributed by atoms with Gasteiger partial charge in [0.25, 0.3) is 0 Å². The molecule has 2 N–H and O–H groups in total. The van der Waals surface area contributed by atoms with Crippen molar-refractivity contribution >= 4 is 21.4 Å². The zero-order valence-electron chi connectivity index (χ0n) is 9.86. The number of hydrogen-bond donors (Lipinski definition) is 2. The van der Waals surface area contributed by atoms with Crippen molar-refractivity contribution in [3.05, 3.63) is 15.8 Å². The summed E-state index contributed by atoms with van der Waals surface area (Å²) in [6.45, 7) is 5.69. The highest BCUT2D eigenvalue weighted by molar-refractivity contribution is 7.89. The smallest absolute Gasteiger partial charge is 0.241 e. The molecule has 3 rings (SSSR count). The predicted octanol–water partition coefficient (Wildman–Crippen LogP) is 0.861. The highest BCUT2D eigenvalue weighted by Gasteiger charge is 2.54. The Kier molecular flexibility index (Phi) is 2.59. The van der Waals surface area contributed by atoms with Crippen molar-refractivity contribution in [2.75, 3.05) is 13.1 Å². The van der Waals surface area contributed by atoms with E-state index in [0.29, 0.717) is 16.7 Å². The summed E-state index contributed by atoms with van der Waals surface area (Å²) in [6.07, 6.45) is 0. The van der Waals surface area contributed by atoms with Crippen molar-refractivity contribution in [1.82, 2.24) is 10.0 Å². The number of sulfonamides is 1. The first-order valence-corrected chi connectivity index (χ1v) is 8.09. The molecule has 17 heavy (non-hydrogen) atoms. The van der Waals surface area contributed by atoms with E-state index in [1.807, 2.05) is 13.8 Å². The molecule has 94 valence electrons. The van der Waals surface area contributed by atoms with Gasteiger partial charge in [-0.1, -0.05) is 0 Å². The third-order valence-corrected chi connectivity index (χ3v) is 6.35. The van der Waals surface area contributed by atoms with Crippen LogP contribution in [0.1, 0.15) is 9.75 Å². The number of hydrogen-bond acceptors (Lipinski definition) is 4. The number of aryl methyl sites for hydroxylation is 2. The zero-order chi connectivity index (χ0) is 12.2. The van der Waals surface area contributed by atoms with E-state index in [4.69, 9.17) is 0 Å². The molecule has 2 atom stereocenters. The average Bonchev–Trinajstić information content (AvgIpc) is 2.68. The Balaban J connectivity index is 1.80. The van der Waals surface area contributed by atoms with Crippen LogP contribution in [0.25, 0.3) is 0 Å². The summed E-state index contributed by atoms with van der Waals surface area (Å²) in [5.74, 6) is 1.01. The van der Waals surface area contributed by atoms with Gasteiger partial charge < -0.3 is 5.32 Å². The standard InChI is InChI=1S/C11H16N2O2S2/c1-6-3-10(7(2)16-6)17(14,15)13-11-8-4-12-5-9(8)11/h3,8-9,11-13H,4-5H2,1-2H3. The van der Waals surface area contributed by atoms with Crippen LogP contribution in [0.15, 0.2) is 11.0 Å². The molecule has 1 saturated heterocycles. The minimum atomic E-state index is -3.32. The highest BCUT2D eigenvalue weighted by Crippen LogP contribution is 2.42. The lowest BCUT2D eigenvalue weighted by Crippen LogP contribution is -2.32. The van der Waals surface area contributed by atoms with Gasteiger partial charge in [0.2, 0.25) is 10.0 Å². The topological polar surface area (TPSA) is 58.2 Å². The third-order valence-electron chi connectivity index (χ3n) is 3.67. The molecular weight excluding hydrogens is 256 g/mol. The van der Waals surface area contributed by atoms with Crippen LogP contribution in [0, 0.1) is 25.7 Å². The second-order valence-electron chi connectivity index (χ2n) is 4.91. The fraction of sp³-hybridized carbons (Fsp3) is 0.636. The number of rotatable bonds is 3. The Bertz CT molecular complexity index is 540. The second kappa shape index (κ2) is 3.78. The molecule has 6 heteroatoms. The summed E-state index contributed by atoms with van der Waals surface area (Å²) in [6, 6.07) is 1.92. The fourth-order valence-corrected chi connectivity index (χ4v) is 5.60. The lowest BCUT2D eigenvalue weighted by Gasteiger charge is -2.08. The van der Waals surface area contributed by atoms with Crippen molar-refractivity contribution in [1.29, 1.82) is 0 Å². The summed E-state index contributed by atoms with van der Waals surface area (Å²) in [5.41, 5.74) is 0. The van der Waals surface area contributed by atoms with Crippen molar-refractivity contribution in [2.24, 2.45) is 11.8 Å². The number of thiophene rings is 1. The van der Waals surface area contributed by atoms with Crippen LogP contribution in [-0.4, -0.2) is 27.5 Å². The van der Waals surface area contributed by atoms with Gasteiger partial charge in [0, 0.05) is 15.8 Å². The molecule has 2 fully saturated rings. The van der Waals surface area contributed by atoms with Crippen LogP contribution in [0.4, 0.5) is 0 Å². The van der Waals surface area contributed by atoms with Gasteiger partial charge in [-0.05, 0) is 44.8 Å². The number of fused-ring (bicyclic) bond motifs is 1. The summed E-state index contributed by atoms with van der Waals surface area (Å²) in [4.78, 5) is 2.37. The quantitative estimate of drug-likeness (QED) is 0.858. The monoisotopic (exact) mass is 272 g/mol. The van der Waals surface area contributed by atoms with Crippen LogP contribution in [0.5, 0.6) is 0 Å². The van der Waals surface area contributed by atoms with Gasteiger partial charge in [-0.25, -0.2) is 13.1 Å². The Morgan fingerprint density at radius 1 is 1.35 bits per heavy atom. The zero-order valence-corrected chi connectivity index (χ0v) is 11.5. The Morgan fingerprint density at radius 3 is 2.53 bits per heavy atom. The van der Waals surface area contributed by atoms with Gasteiger partial charge in [-0.2, -0.15) is 0 Å². The predicted molar refractivity (Wildman–Crippen MR) is 67.8 cm³/mol. The van der Waals surface area contributed by atoms with Crippen molar-refractivity contribution in [3.8, 4) is 0 Å². The first kappa shape index (κ1) is 11.6. The van der Waals surface area contributed by atoms with Gasteiger partial charge in [-0.15, -0.1) is 11.3 Å². The minimum Gasteiger partial charge on any atom is -0.316 e. The number of nitrogens with one attached hydrogen (secondary N) is 2. The van der Waals surface area contributed by atoms with E-state index in [1.165, 1.54) is 11.3 Å². The van der Waals surface area contributed by atoms with Crippen LogP contribution in [0.3, 0.4) is 0 Å². The molecule has 2 heterocycles. The van der Waals surface area contributed by atoms with Crippen LogP contribution >= 0.6 is 11.3 Å². The number of piperidine rings is 1. The Morgan fingerprint density at radius 2 is 2.00 bits per heavy atom. The molecule has 2 unspecified atom stereocenters. The third kappa shape index (κ3) is 1.93. The Labute approximate surface area is 105 Å². The van der Waals surface area contributed by atoms with Crippen molar-refractivity contribution in [2.45, 2.75) is 24.8 Å². The molecule has 0 bridgehead atoms. The lowest BCUT2D eigenvalue weighted by molar-refractivity contribution is 0.565. The van der Waals surface area contributed by atoms with E-state index < -0.39 is 10.0 Å². The maximum atomic E-state index is 12.2. The molecule has 1 aliphatic heterocycles. The molecule has 0 radical (unpaired) electrons. The maximum absolute atomic E-state index is 12.2. The van der Waals surface area contributed by atoms with Gasteiger partial charge in [0.15, 0.2) is 0 Å². The molecule has 0 spiro atoms. The van der Waals surface area contributed by atoms with Crippen molar-refractivity contribution < 1.29 is 8.42 Å². The van der Waals surface area contributed by atoms with Crippen molar-refractivity contribution in [3.63, 3.8) is 0 Å². The first-order valence-electron chi connectivity index (χ1n) is 5.79. The van der Waals surface area contributed by atoms with E-state index in [0.717, 1.165) is 22.8 Å². The normalized spacial score (nSPS) is 31.5. The highest BCUT2D eigenvalue weighted by atomic mass is 32.2. The Hall–Kier alpha value is -0.430. The van der Waals surface area contributed by atoms with E-state index >= 15 is 0 Å². The summed E-state index contributed by atoms with van der Waals surface area (Å²) in [7, 11) is -3.32. The lowest BCUT2D eigenvalue weighted by atomic mass is 10.4. The maximum Gasteiger partial charge on any atom is 0.241 e. The second-order valence-corrected chi connectivity index (χ2v) is 8.05. The minimum absolute atomic E-state index is 0.154. The average molecular weight is 272 g/mol. The van der Waals surface area contributed by atoms with Gasteiger partial charge >= 0.3 is 0 Å². The van der Waals surface area contributed by atoms with E-state index in [-0.39, 0.29) is 6.04 Å². The molecule has 1 saturated carbocycles. The van der Waals surface area contributed by atoms with Gasteiger partial charge in [0.1, 0.15) is 0 Å².